The van der Waals surface area contributed by atoms with Gasteiger partial charge in [-0.05, 0) is 43.4 Å². The van der Waals surface area contributed by atoms with Gasteiger partial charge in [0.15, 0.2) is 0 Å². The third-order valence-electron chi connectivity index (χ3n) is 2.94. The third kappa shape index (κ3) is 5.00. The van der Waals surface area contributed by atoms with E-state index < -0.39 is 15.8 Å². The zero-order chi connectivity index (χ0) is 17.7. The molecule has 10 heteroatoms. The van der Waals surface area contributed by atoms with Gasteiger partial charge in [-0.15, -0.1) is 11.3 Å². The van der Waals surface area contributed by atoms with Crippen LogP contribution in [0, 0.1) is 0 Å². The number of carbonyl (C=O) groups excluding carboxylic acids is 1. The van der Waals surface area contributed by atoms with E-state index in [9.17, 15) is 22.0 Å². The van der Waals surface area contributed by atoms with Gasteiger partial charge in [-0.2, -0.15) is 8.78 Å². The van der Waals surface area contributed by atoms with Gasteiger partial charge < -0.3 is 5.32 Å². The average molecular weight is 392 g/mol. The highest BCUT2D eigenvalue weighted by Crippen LogP contribution is 2.25. The maximum absolute atomic E-state index is 12.2. The molecule has 0 aliphatic carbocycles. The fraction of sp³-hybridized carbons (Fsp3) is 0.214. The van der Waals surface area contributed by atoms with E-state index >= 15 is 0 Å². The van der Waals surface area contributed by atoms with Crippen molar-refractivity contribution >= 4 is 39.0 Å². The molecule has 24 heavy (non-hydrogen) atoms. The average Bonchev–Trinajstić information content (AvgIpc) is 3.02. The SMILES string of the molecule is CNS(=O)(=O)c1ccc(CNC(=O)c2ccc(SC(F)F)cc2)s1. The number of benzene rings is 1. The molecule has 2 N–H and O–H groups in total. The van der Waals surface area contributed by atoms with Gasteiger partial charge in [0, 0.05) is 15.3 Å². The molecule has 1 heterocycles. The second-order valence-corrected chi connectivity index (χ2v) is 8.86. The van der Waals surface area contributed by atoms with Crippen LogP contribution in [0.25, 0.3) is 0 Å². The molecular weight excluding hydrogens is 378 g/mol. The molecule has 0 atom stereocenters. The van der Waals surface area contributed by atoms with Crippen LogP contribution in [0.15, 0.2) is 45.5 Å². The van der Waals surface area contributed by atoms with Gasteiger partial charge in [-0.1, -0.05) is 11.8 Å². The van der Waals surface area contributed by atoms with Crippen molar-refractivity contribution in [2.75, 3.05) is 7.05 Å². The van der Waals surface area contributed by atoms with Crippen molar-refractivity contribution in [1.82, 2.24) is 10.0 Å². The predicted octanol–water partition coefficient (Wildman–Crippen LogP) is 2.90. The summed E-state index contributed by atoms with van der Waals surface area (Å²) in [7, 11) is -2.16. The first kappa shape index (κ1) is 18.8. The predicted molar refractivity (Wildman–Crippen MR) is 90.0 cm³/mol. The second kappa shape index (κ2) is 8.06. The van der Waals surface area contributed by atoms with Crippen LogP contribution in [0.4, 0.5) is 8.78 Å². The Balaban J connectivity index is 1.96. The number of rotatable bonds is 7. The lowest BCUT2D eigenvalue weighted by atomic mass is 10.2. The van der Waals surface area contributed by atoms with Crippen molar-refractivity contribution in [3.05, 3.63) is 46.8 Å². The molecule has 2 aromatic rings. The number of sulfonamides is 1. The Morgan fingerprint density at radius 2 is 1.88 bits per heavy atom. The van der Waals surface area contributed by atoms with Gasteiger partial charge in [0.2, 0.25) is 10.0 Å². The Morgan fingerprint density at radius 3 is 2.46 bits per heavy atom. The number of thioether (sulfide) groups is 1. The minimum Gasteiger partial charge on any atom is -0.347 e. The van der Waals surface area contributed by atoms with E-state index in [0.29, 0.717) is 27.1 Å². The van der Waals surface area contributed by atoms with E-state index in [4.69, 9.17) is 0 Å². The third-order valence-corrected chi connectivity index (χ3v) is 6.65. The van der Waals surface area contributed by atoms with Gasteiger partial charge in [0.05, 0.1) is 6.54 Å². The van der Waals surface area contributed by atoms with Crippen LogP contribution >= 0.6 is 23.1 Å². The summed E-state index contributed by atoms with van der Waals surface area (Å²) in [5.41, 5.74) is 0.341. The van der Waals surface area contributed by atoms with Crippen molar-refractivity contribution in [3.8, 4) is 0 Å². The normalized spacial score (nSPS) is 11.7. The number of hydrogen-bond donors (Lipinski definition) is 2. The summed E-state index contributed by atoms with van der Waals surface area (Å²) in [6.45, 7) is 0.177. The lowest BCUT2D eigenvalue weighted by Crippen LogP contribution is -2.22. The fourth-order valence-corrected chi connectivity index (χ4v) is 4.39. The Hall–Kier alpha value is -1.49. The molecule has 1 aromatic carbocycles. The molecule has 0 aliphatic heterocycles. The van der Waals surface area contributed by atoms with Crippen molar-refractivity contribution in [2.24, 2.45) is 0 Å². The van der Waals surface area contributed by atoms with E-state index in [-0.39, 0.29) is 16.7 Å². The number of alkyl halides is 2. The van der Waals surface area contributed by atoms with Crippen molar-refractivity contribution in [1.29, 1.82) is 0 Å². The highest BCUT2D eigenvalue weighted by Gasteiger charge is 2.15. The van der Waals surface area contributed by atoms with Crippen LogP contribution in [0.1, 0.15) is 15.2 Å². The monoisotopic (exact) mass is 392 g/mol. The van der Waals surface area contributed by atoms with Crippen molar-refractivity contribution < 1.29 is 22.0 Å². The minimum atomic E-state index is -3.49. The number of halogens is 2. The molecule has 0 bridgehead atoms. The minimum absolute atomic E-state index is 0.169. The molecule has 0 spiro atoms. The molecule has 0 aliphatic rings. The number of thiophene rings is 1. The highest BCUT2D eigenvalue weighted by atomic mass is 32.2. The van der Waals surface area contributed by atoms with Crippen LogP contribution in [-0.2, 0) is 16.6 Å². The number of carbonyl (C=O) groups is 1. The molecule has 0 saturated heterocycles. The summed E-state index contributed by atoms with van der Waals surface area (Å²) in [6.07, 6.45) is 0. The Labute approximate surface area is 146 Å². The first-order valence-electron chi connectivity index (χ1n) is 6.67. The Morgan fingerprint density at radius 1 is 1.21 bits per heavy atom. The zero-order valence-corrected chi connectivity index (χ0v) is 14.9. The van der Waals surface area contributed by atoms with Crippen molar-refractivity contribution in [2.45, 2.75) is 21.4 Å². The summed E-state index contributed by atoms with van der Waals surface area (Å²) in [6, 6.07) is 8.92. The summed E-state index contributed by atoms with van der Waals surface area (Å²) < 4.78 is 50.1. The first-order chi connectivity index (χ1) is 11.3. The van der Waals surface area contributed by atoms with Crippen LogP contribution in [-0.4, -0.2) is 27.1 Å². The number of amides is 1. The van der Waals surface area contributed by atoms with Gasteiger partial charge in [0.25, 0.3) is 11.7 Å². The molecule has 0 fully saturated rings. The molecule has 0 radical (unpaired) electrons. The lowest BCUT2D eigenvalue weighted by Gasteiger charge is -2.05. The van der Waals surface area contributed by atoms with Crippen LogP contribution in [0.2, 0.25) is 0 Å². The van der Waals surface area contributed by atoms with Gasteiger partial charge in [-0.25, -0.2) is 13.1 Å². The second-order valence-electron chi connectivity index (χ2n) is 4.51. The molecule has 1 amide bonds. The van der Waals surface area contributed by atoms with Crippen LogP contribution in [0.3, 0.4) is 0 Å². The number of nitrogens with one attached hydrogen (secondary N) is 2. The van der Waals surface area contributed by atoms with E-state index in [1.807, 2.05) is 0 Å². The molecule has 0 unspecified atom stereocenters. The fourth-order valence-electron chi connectivity index (χ4n) is 1.76. The summed E-state index contributed by atoms with van der Waals surface area (Å²) in [5.74, 6) is -2.87. The molecule has 5 nitrogen and oxygen atoms in total. The smallest absolute Gasteiger partial charge is 0.288 e. The Bertz CT molecular complexity index is 805. The molecule has 1 aromatic heterocycles. The van der Waals surface area contributed by atoms with Gasteiger partial charge in [0.1, 0.15) is 4.21 Å². The maximum atomic E-state index is 12.2. The van der Waals surface area contributed by atoms with Crippen LogP contribution < -0.4 is 10.0 Å². The molecule has 0 saturated carbocycles. The largest absolute Gasteiger partial charge is 0.347 e. The van der Waals surface area contributed by atoms with E-state index in [1.165, 1.54) is 37.4 Å². The topological polar surface area (TPSA) is 75.3 Å². The lowest BCUT2D eigenvalue weighted by molar-refractivity contribution is 0.0951. The standard InChI is InChI=1S/C14H14F2N2O3S3/c1-17-24(20,21)12-7-6-11(22-12)8-18-13(19)9-2-4-10(5-3-9)23-14(15)16/h2-7,14,17H,8H2,1H3,(H,18,19). The quantitative estimate of drug-likeness (QED) is 0.711. The van der Waals surface area contributed by atoms with Crippen molar-refractivity contribution in [3.63, 3.8) is 0 Å². The Kier molecular flexibility index (Phi) is 6.33. The van der Waals surface area contributed by atoms with E-state index in [1.54, 1.807) is 6.07 Å². The molecule has 130 valence electrons. The van der Waals surface area contributed by atoms with Gasteiger partial charge >= 0.3 is 0 Å². The number of hydrogen-bond acceptors (Lipinski definition) is 5. The highest BCUT2D eigenvalue weighted by molar-refractivity contribution is 7.99. The summed E-state index contributed by atoms with van der Waals surface area (Å²) in [4.78, 5) is 13.1. The van der Waals surface area contributed by atoms with E-state index in [0.717, 1.165) is 11.3 Å². The van der Waals surface area contributed by atoms with Gasteiger partial charge in [-0.3, -0.25) is 4.79 Å². The first-order valence-corrected chi connectivity index (χ1v) is 9.85. The molecule has 2 rings (SSSR count). The zero-order valence-electron chi connectivity index (χ0n) is 12.5. The maximum Gasteiger partial charge on any atom is 0.288 e. The van der Waals surface area contributed by atoms with E-state index in [2.05, 4.69) is 10.0 Å². The summed E-state index contributed by atoms with van der Waals surface area (Å²) in [5, 5.41) is 2.66. The molecular formula is C14H14F2N2O3S3. The summed E-state index contributed by atoms with van der Waals surface area (Å²) >= 11 is 1.47. The van der Waals surface area contributed by atoms with Crippen LogP contribution in [0.5, 0.6) is 0 Å².